The molecule has 0 radical (unpaired) electrons. The zero-order chi connectivity index (χ0) is 18.1. The molecular weight excluding hydrogens is 336 g/mol. The molecule has 1 fully saturated rings. The summed E-state index contributed by atoms with van der Waals surface area (Å²) in [5.41, 5.74) is 2.31. The maximum absolute atomic E-state index is 12.6. The Morgan fingerprint density at radius 3 is 2.92 bits per heavy atom. The summed E-state index contributed by atoms with van der Waals surface area (Å²) in [5, 5.41) is 13.8. The standard InChI is InChI=1S/C18H20N4O4/c23-17(15-5-3-9-26-15)21-8-6-14-13(11-21)16(18(24)25)20-22(14)10-12-4-1-2-7-19-12/h1-2,4,7,15H,3,5-6,8-11H2,(H,24,25). The minimum Gasteiger partial charge on any atom is -0.476 e. The number of ether oxygens (including phenoxy) is 1. The lowest BCUT2D eigenvalue weighted by molar-refractivity contribution is -0.141. The first-order chi connectivity index (χ1) is 12.6. The number of rotatable bonds is 4. The fourth-order valence-electron chi connectivity index (χ4n) is 3.60. The number of aromatic carboxylic acids is 1. The predicted octanol–water partition coefficient (Wildman–Crippen LogP) is 1.09. The molecule has 8 nitrogen and oxygen atoms in total. The van der Waals surface area contributed by atoms with Gasteiger partial charge < -0.3 is 14.7 Å². The fourth-order valence-corrected chi connectivity index (χ4v) is 3.60. The van der Waals surface area contributed by atoms with Gasteiger partial charge in [-0.15, -0.1) is 0 Å². The third-order valence-corrected chi connectivity index (χ3v) is 4.89. The molecule has 136 valence electrons. The number of carbonyl (C=O) groups is 2. The molecule has 2 aliphatic heterocycles. The van der Waals surface area contributed by atoms with Crippen LogP contribution in [-0.2, 0) is 29.0 Å². The highest BCUT2D eigenvalue weighted by molar-refractivity contribution is 5.88. The molecule has 1 saturated heterocycles. The lowest BCUT2D eigenvalue weighted by Crippen LogP contribution is -2.42. The number of pyridine rings is 1. The number of hydrogen-bond donors (Lipinski definition) is 1. The number of aromatic nitrogens is 3. The van der Waals surface area contributed by atoms with Gasteiger partial charge in [0.1, 0.15) is 6.10 Å². The van der Waals surface area contributed by atoms with E-state index in [2.05, 4.69) is 10.1 Å². The number of fused-ring (bicyclic) bond motifs is 1. The van der Waals surface area contributed by atoms with Crippen LogP contribution in [0.3, 0.4) is 0 Å². The van der Waals surface area contributed by atoms with Crippen LogP contribution >= 0.6 is 0 Å². The normalized spacial score (nSPS) is 19.4. The number of carboxylic acids is 1. The van der Waals surface area contributed by atoms with Crippen molar-refractivity contribution in [2.75, 3.05) is 13.2 Å². The first kappa shape index (κ1) is 16.7. The molecular formula is C18H20N4O4. The summed E-state index contributed by atoms with van der Waals surface area (Å²) in [4.78, 5) is 30.2. The third-order valence-electron chi connectivity index (χ3n) is 4.89. The molecule has 26 heavy (non-hydrogen) atoms. The predicted molar refractivity (Wildman–Crippen MR) is 90.6 cm³/mol. The van der Waals surface area contributed by atoms with Gasteiger partial charge in [0.25, 0.3) is 5.91 Å². The van der Waals surface area contributed by atoms with E-state index in [9.17, 15) is 14.7 Å². The summed E-state index contributed by atoms with van der Waals surface area (Å²) in [7, 11) is 0. The van der Waals surface area contributed by atoms with Crippen LogP contribution < -0.4 is 0 Å². The second-order valence-corrected chi connectivity index (χ2v) is 6.57. The highest BCUT2D eigenvalue weighted by Gasteiger charge is 2.34. The van der Waals surface area contributed by atoms with Gasteiger partial charge in [-0.05, 0) is 25.0 Å². The Morgan fingerprint density at radius 1 is 1.35 bits per heavy atom. The third kappa shape index (κ3) is 3.08. The highest BCUT2D eigenvalue weighted by Crippen LogP contribution is 2.25. The molecule has 2 aliphatic rings. The molecule has 1 unspecified atom stereocenters. The number of amides is 1. The molecule has 2 aromatic heterocycles. The Labute approximate surface area is 150 Å². The van der Waals surface area contributed by atoms with Gasteiger partial charge in [-0.25, -0.2) is 4.79 Å². The quantitative estimate of drug-likeness (QED) is 0.881. The summed E-state index contributed by atoms with van der Waals surface area (Å²) < 4.78 is 7.18. The number of carbonyl (C=O) groups excluding carboxylic acids is 1. The topological polar surface area (TPSA) is 97.5 Å². The van der Waals surface area contributed by atoms with Gasteiger partial charge in [-0.3, -0.25) is 14.5 Å². The van der Waals surface area contributed by atoms with Crippen LogP contribution in [0.1, 0.15) is 40.3 Å². The van der Waals surface area contributed by atoms with Gasteiger partial charge in [-0.2, -0.15) is 5.10 Å². The average Bonchev–Trinajstić information content (AvgIpc) is 3.30. The molecule has 0 aromatic carbocycles. The molecule has 0 aliphatic carbocycles. The van der Waals surface area contributed by atoms with Gasteiger partial charge in [0.05, 0.1) is 12.2 Å². The minimum atomic E-state index is -1.08. The zero-order valence-electron chi connectivity index (χ0n) is 14.3. The number of nitrogens with zero attached hydrogens (tertiary/aromatic N) is 4. The summed E-state index contributed by atoms with van der Waals surface area (Å²) in [6, 6.07) is 5.60. The van der Waals surface area contributed by atoms with Crippen LogP contribution in [0.4, 0.5) is 0 Å². The molecule has 8 heteroatoms. The summed E-state index contributed by atoms with van der Waals surface area (Å²) >= 11 is 0. The van der Waals surface area contributed by atoms with E-state index in [1.807, 2.05) is 18.2 Å². The summed E-state index contributed by atoms with van der Waals surface area (Å²) in [6.45, 7) is 1.82. The van der Waals surface area contributed by atoms with Crippen LogP contribution in [0.5, 0.6) is 0 Å². The van der Waals surface area contributed by atoms with Crippen LogP contribution in [0.2, 0.25) is 0 Å². The molecule has 1 atom stereocenters. The zero-order valence-corrected chi connectivity index (χ0v) is 14.3. The van der Waals surface area contributed by atoms with Gasteiger partial charge in [-0.1, -0.05) is 6.07 Å². The molecule has 1 amide bonds. The first-order valence-electron chi connectivity index (χ1n) is 8.75. The molecule has 1 N–H and O–H groups in total. The van der Waals surface area contributed by atoms with E-state index >= 15 is 0 Å². The van der Waals surface area contributed by atoms with Crippen molar-refractivity contribution in [1.29, 1.82) is 0 Å². The second kappa shape index (κ2) is 6.87. The Morgan fingerprint density at radius 2 is 2.23 bits per heavy atom. The van der Waals surface area contributed by atoms with E-state index in [0.717, 1.165) is 24.2 Å². The lowest BCUT2D eigenvalue weighted by atomic mass is 10.0. The first-order valence-corrected chi connectivity index (χ1v) is 8.75. The monoisotopic (exact) mass is 356 g/mol. The summed E-state index contributed by atoms with van der Waals surface area (Å²) in [6.07, 6.45) is 3.49. The van der Waals surface area contributed by atoms with Crippen molar-refractivity contribution >= 4 is 11.9 Å². The van der Waals surface area contributed by atoms with E-state index in [1.54, 1.807) is 15.8 Å². The van der Waals surface area contributed by atoms with Crippen LogP contribution in [0.25, 0.3) is 0 Å². The Balaban J connectivity index is 1.61. The van der Waals surface area contributed by atoms with E-state index < -0.39 is 12.1 Å². The largest absolute Gasteiger partial charge is 0.476 e. The Bertz CT molecular complexity index is 827. The van der Waals surface area contributed by atoms with E-state index in [1.165, 1.54) is 0 Å². The van der Waals surface area contributed by atoms with Crippen molar-refractivity contribution in [1.82, 2.24) is 19.7 Å². The number of hydrogen-bond acceptors (Lipinski definition) is 5. The van der Waals surface area contributed by atoms with Crippen molar-refractivity contribution in [3.63, 3.8) is 0 Å². The lowest BCUT2D eigenvalue weighted by Gasteiger charge is -2.29. The molecule has 0 bridgehead atoms. The van der Waals surface area contributed by atoms with Crippen molar-refractivity contribution < 1.29 is 19.4 Å². The average molecular weight is 356 g/mol. The maximum atomic E-state index is 12.6. The smallest absolute Gasteiger partial charge is 0.356 e. The van der Waals surface area contributed by atoms with Crippen molar-refractivity contribution in [3.05, 3.63) is 47.0 Å². The number of carboxylic acid groups (broad SMARTS) is 1. The van der Waals surface area contributed by atoms with Crippen LogP contribution in [-0.4, -0.2) is 55.9 Å². The van der Waals surface area contributed by atoms with Gasteiger partial charge >= 0.3 is 5.97 Å². The second-order valence-electron chi connectivity index (χ2n) is 6.57. The van der Waals surface area contributed by atoms with Gasteiger partial charge in [0.2, 0.25) is 0 Å². The summed E-state index contributed by atoms with van der Waals surface area (Å²) in [5.74, 6) is -1.13. The molecule has 4 rings (SSSR count). The van der Waals surface area contributed by atoms with Crippen molar-refractivity contribution in [3.8, 4) is 0 Å². The van der Waals surface area contributed by atoms with Gasteiger partial charge in [0, 0.05) is 43.6 Å². The van der Waals surface area contributed by atoms with E-state index in [0.29, 0.717) is 31.7 Å². The Hall–Kier alpha value is -2.74. The minimum absolute atomic E-state index is 0.0146. The molecule has 0 spiro atoms. The highest BCUT2D eigenvalue weighted by atomic mass is 16.5. The Kier molecular flexibility index (Phi) is 4.42. The molecule has 2 aromatic rings. The SMILES string of the molecule is O=C(O)c1nn(Cc2ccccn2)c2c1CN(C(=O)C1CCCO1)CC2. The molecule has 4 heterocycles. The molecule has 0 saturated carbocycles. The van der Waals surface area contributed by atoms with Crippen molar-refractivity contribution in [2.45, 2.75) is 38.5 Å². The van der Waals surface area contributed by atoms with Crippen LogP contribution in [0.15, 0.2) is 24.4 Å². The maximum Gasteiger partial charge on any atom is 0.356 e. The van der Waals surface area contributed by atoms with Crippen LogP contribution in [0, 0.1) is 0 Å². The van der Waals surface area contributed by atoms with E-state index in [-0.39, 0.29) is 18.1 Å². The fraction of sp³-hybridized carbons (Fsp3) is 0.444. The van der Waals surface area contributed by atoms with Gasteiger partial charge in [0.15, 0.2) is 5.69 Å². The van der Waals surface area contributed by atoms with Crippen molar-refractivity contribution in [2.24, 2.45) is 0 Å². The van der Waals surface area contributed by atoms with E-state index in [4.69, 9.17) is 4.74 Å².